The van der Waals surface area contributed by atoms with Crippen molar-refractivity contribution in [2.45, 2.75) is 46.5 Å². The van der Waals surface area contributed by atoms with Crippen molar-refractivity contribution in [2.75, 3.05) is 19.6 Å². The summed E-state index contributed by atoms with van der Waals surface area (Å²) in [7, 11) is 0. The topological polar surface area (TPSA) is 40.1 Å². The lowest BCUT2D eigenvalue weighted by atomic mass is 10.2. The van der Waals surface area contributed by atoms with Gasteiger partial charge in [0.25, 0.3) is 0 Å². The summed E-state index contributed by atoms with van der Waals surface area (Å²) in [6.07, 6.45) is 4.56. The van der Waals surface area contributed by atoms with Gasteiger partial charge in [0.05, 0.1) is 19.6 Å². The third-order valence-electron chi connectivity index (χ3n) is 2.89. The van der Waals surface area contributed by atoms with Gasteiger partial charge in [-0.1, -0.05) is 19.8 Å². The molecule has 0 aromatic rings. The molecular formula is C10H23NO2S. The van der Waals surface area contributed by atoms with Crippen LogP contribution >= 0.6 is 0 Å². The molecule has 0 saturated heterocycles. The molecule has 0 saturated carbocycles. The maximum Gasteiger partial charge on any atom is 0.148 e. The summed E-state index contributed by atoms with van der Waals surface area (Å²) in [5, 5.41) is 0. The first-order valence-corrected chi connectivity index (χ1v) is 6.62. The maximum atomic E-state index is 11.1. The SMILES string of the molecule is CCCCCC[N+](CC)(CC)S(=O)[O-]. The van der Waals surface area contributed by atoms with Gasteiger partial charge >= 0.3 is 0 Å². The van der Waals surface area contributed by atoms with E-state index in [0.717, 1.165) is 19.4 Å². The molecule has 0 aliphatic rings. The van der Waals surface area contributed by atoms with Gasteiger partial charge in [-0.2, -0.15) is 0 Å². The van der Waals surface area contributed by atoms with Crippen molar-refractivity contribution in [3.8, 4) is 0 Å². The Morgan fingerprint density at radius 3 is 2.00 bits per heavy atom. The van der Waals surface area contributed by atoms with Crippen LogP contribution in [-0.2, 0) is 11.3 Å². The highest BCUT2D eigenvalue weighted by Gasteiger charge is 2.24. The van der Waals surface area contributed by atoms with Crippen LogP contribution in [0.3, 0.4) is 0 Å². The fraction of sp³-hybridized carbons (Fsp3) is 1.00. The summed E-state index contributed by atoms with van der Waals surface area (Å²) in [6, 6.07) is 0. The van der Waals surface area contributed by atoms with E-state index in [1.807, 2.05) is 13.8 Å². The van der Waals surface area contributed by atoms with Crippen molar-refractivity contribution in [2.24, 2.45) is 0 Å². The minimum Gasteiger partial charge on any atom is -0.724 e. The molecule has 1 atom stereocenters. The van der Waals surface area contributed by atoms with Gasteiger partial charge in [-0.3, -0.25) is 0 Å². The van der Waals surface area contributed by atoms with Crippen molar-refractivity contribution in [3.63, 3.8) is 0 Å². The number of hydrogen-bond acceptors (Lipinski definition) is 2. The molecule has 0 aromatic heterocycles. The number of quaternary nitrogens is 1. The van der Waals surface area contributed by atoms with E-state index >= 15 is 0 Å². The molecule has 3 nitrogen and oxygen atoms in total. The molecule has 0 N–H and O–H groups in total. The van der Waals surface area contributed by atoms with Crippen LogP contribution in [0.15, 0.2) is 0 Å². The monoisotopic (exact) mass is 221 g/mol. The molecular weight excluding hydrogens is 198 g/mol. The summed E-state index contributed by atoms with van der Waals surface area (Å²) in [6.45, 7) is 8.17. The molecule has 0 fully saturated rings. The molecule has 14 heavy (non-hydrogen) atoms. The van der Waals surface area contributed by atoms with E-state index in [1.54, 1.807) is 0 Å². The first-order valence-electron chi connectivity index (χ1n) is 5.59. The second kappa shape index (κ2) is 7.37. The molecule has 1 unspecified atom stereocenters. The minimum atomic E-state index is -1.98. The largest absolute Gasteiger partial charge is 0.724 e. The predicted molar refractivity (Wildman–Crippen MR) is 59.3 cm³/mol. The standard InChI is InChI=1S/C10H23NO2S/c1-4-7-8-9-10-11(5-2,6-3)14(12)13/h4-10H2,1-3H3. The van der Waals surface area contributed by atoms with Gasteiger partial charge in [0.1, 0.15) is 11.3 Å². The number of nitrogens with zero attached hydrogens (tertiary/aromatic N) is 1. The van der Waals surface area contributed by atoms with Crippen molar-refractivity contribution >= 4 is 11.3 Å². The zero-order valence-electron chi connectivity index (χ0n) is 9.62. The number of hydrogen-bond donors (Lipinski definition) is 0. The number of rotatable bonds is 8. The first-order chi connectivity index (χ1) is 6.63. The van der Waals surface area contributed by atoms with Gasteiger partial charge in [0.15, 0.2) is 0 Å². The van der Waals surface area contributed by atoms with Crippen LogP contribution in [-0.4, -0.2) is 32.3 Å². The predicted octanol–water partition coefficient (Wildman–Crippen LogP) is 2.22. The molecule has 0 bridgehead atoms. The lowest BCUT2D eigenvalue weighted by Crippen LogP contribution is -2.49. The van der Waals surface area contributed by atoms with Crippen molar-refractivity contribution in [1.29, 1.82) is 0 Å². The average molecular weight is 221 g/mol. The van der Waals surface area contributed by atoms with Gasteiger partial charge in [-0.05, 0) is 26.7 Å². The van der Waals surface area contributed by atoms with E-state index in [2.05, 4.69) is 6.92 Å². The molecule has 0 spiro atoms. The van der Waals surface area contributed by atoms with Gasteiger partial charge in [0, 0.05) is 0 Å². The summed E-state index contributed by atoms with van der Waals surface area (Å²) in [5.74, 6) is 0. The average Bonchev–Trinajstić information content (AvgIpc) is 2.18. The highest BCUT2D eigenvalue weighted by Crippen LogP contribution is 2.13. The molecule has 0 radical (unpaired) electrons. The molecule has 0 aliphatic heterocycles. The fourth-order valence-corrected chi connectivity index (χ4v) is 2.35. The van der Waals surface area contributed by atoms with E-state index in [9.17, 15) is 8.76 Å². The normalized spacial score (nSPS) is 14.3. The van der Waals surface area contributed by atoms with E-state index in [0.29, 0.717) is 13.1 Å². The Kier molecular flexibility index (Phi) is 7.41. The molecule has 0 aliphatic carbocycles. The third-order valence-corrected chi connectivity index (χ3v) is 4.22. The van der Waals surface area contributed by atoms with Gasteiger partial charge < -0.3 is 4.55 Å². The van der Waals surface area contributed by atoms with Crippen LogP contribution in [0.2, 0.25) is 0 Å². The van der Waals surface area contributed by atoms with Gasteiger partial charge in [-0.15, -0.1) is 0 Å². The summed E-state index contributed by atoms with van der Waals surface area (Å²) < 4.78 is 22.5. The maximum absolute atomic E-state index is 11.1. The van der Waals surface area contributed by atoms with Crippen molar-refractivity contribution in [1.82, 2.24) is 0 Å². The summed E-state index contributed by atoms with van der Waals surface area (Å²) in [4.78, 5) is 0. The fourth-order valence-electron chi connectivity index (χ4n) is 1.65. The van der Waals surface area contributed by atoms with Crippen LogP contribution in [0.5, 0.6) is 0 Å². The van der Waals surface area contributed by atoms with Crippen LogP contribution in [0.25, 0.3) is 0 Å². The molecule has 0 rings (SSSR count). The Morgan fingerprint density at radius 1 is 1.07 bits per heavy atom. The van der Waals surface area contributed by atoms with E-state index in [4.69, 9.17) is 0 Å². The van der Waals surface area contributed by atoms with E-state index in [1.165, 1.54) is 12.8 Å². The second-order valence-electron chi connectivity index (χ2n) is 3.69. The summed E-state index contributed by atoms with van der Waals surface area (Å²) >= 11 is -1.98. The van der Waals surface area contributed by atoms with Crippen LogP contribution in [0.4, 0.5) is 0 Å². The summed E-state index contributed by atoms with van der Waals surface area (Å²) in [5.41, 5.74) is 0. The van der Waals surface area contributed by atoms with Crippen LogP contribution in [0, 0.1) is 0 Å². The highest BCUT2D eigenvalue weighted by molar-refractivity contribution is 7.73. The first kappa shape index (κ1) is 14.1. The molecule has 0 amide bonds. The molecule has 0 aromatic carbocycles. The Balaban J connectivity index is 4.02. The van der Waals surface area contributed by atoms with Gasteiger partial charge in [0.2, 0.25) is 0 Å². The molecule has 0 heterocycles. The molecule has 86 valence electrons. The molecule has 4 heteroatoms. The zero-order chi connectivity index (χ0) is 11.0. The van der Waals surface area contributed by atoms with Crippen molar-refractivity contribution in [3.05, 3.63) is 0 Å². The Morgan fingerprint density at radius 2 is 1.64 bits per heavy atom. The quantitative estimate of drug-likeness (QED) is 0.358. The Labute approximate surface area is 90.5 Å². The Bertz CT molecular complexity index is 170. The highest BCUT2D eigenvalue weighted by atomic mass is 32.2. The van der Waals surface area contributed by atoms with Crippen LogP contribution < -0.4 is 0 Å². The van der Waals surface area contributed by atoms with Crippen molar-refractivity contribution < 1.29 is 12.6 Å². The smallest absolute Gasteiger partial charge is 0.148 e. The second-order valence-corrected chi connectivity index (χ2v) is 4.90. The number of unbranched alkanes of at least 4 members (excludes halogenated alkanes) is 3. The third kappa shape index (κ3) is 4.07. The van der Waals surface area contributed by atoms with E-state index in [-0.39, 0.29) is 3.89 Å². The van der Waals surface area contributed by atoms with Gasteiger partial charge in [-0.25, -0.2) is 8.10 Å². The lowest BCUT2D eigenvalue weighted by molar-refractivity contribution is -0.803. The Hall–Kier alpha value is 0.0700. The lowest BCUT2D eigenvalue weighted by Gasteiger charge is -2.36. The minimum absolute atomic E-state index is 0.226. The van der Waals surface area contributed by atoms with E-state index < -0.39 is 11.3 Å². The zero-order valence-corrected chi connectivity index (χ0v) is 10.4. The van der Waals surface area contributed by atoms with Crippen LogP contribution in [0.1, 0.15) is 46.5 Å².